The van der Waals surface area contributed by atoms with Gasteiger partial charge in [0.1, 0.15) is 0 Å². The summed E-state index contributed by atoms with van der Waals surface area (Å²) in [5, 5.41) is 4.54. The molecule has 6 nitrogen and oxygen atoms in total. The third-order valence-electron chi connectivity index (χ3n) is 2.51. The number of nitrogens with two attached hydrogens (primary N) is 1. The van der Waals surface area contributed by atoms with Crippen LogP contribution in [0.5, 0.6) is 0 Å². The van der Waals surface area contributed by atoms with Gasteiger partial charge in [-0.15, -0.1) is 0 Å². The molecule has 1 amide bonds. The highest BCUT2D eigenvalue weighted by Gasteiger charge is 2.14. The van der Waals surface area contributed by atoms with Crippen molar-refractivity contribution >= 4 is 17.5 Å². The summed E-state index contributed by atoms with van der Waals surface area (Å²) in [7, 11) is 0. The van der Waals surface area contributed by atoms with Gasteiger partial charge < -0.3 is 0 Å². The molecule has 0 saturated carbocycles. The van der Waals surface area contributed by atoms with Gasteiger partial charge in [0.2, 0.25) is 5.43 Å². The molecule has 0 saturated heterocycles. The molecule has 2 aromatic rings. The normalized spacial score (nSPS) is 10.3. The van der Waals surface area contributed by atoms with Crippen LogP contribution in [0.1, 0.15) is 16.2 Å². The SMILES string of the molecule is Cc1cc(=O)c(C(=O)NN)nn1-c1cccc(Cl)c1. The number of rotatable bonds is 2. The fourth-order valence-electron chi connectivity index (χ4n) is 1.64. The van der Waals surface area contributed by atoms with E-state index in [2.05, 4.69) is 5.10 Å². The van der Waals surface area contributed by atoms with Crippen molar-refractivity contribution in [3.63, 3.8) is 0 Å². The van der Waals surface area contributed by atoms with E-state index in [0.29, 0.717) is 16.4 Å². The first-order chi connectivity index (χ1) is 9.02. The van der Waals surface area contributed by atoms with Crippen molar-refractivity contribution in [1.82, 2.24) is 15.2 Å². The molecule has 0 aliphatic rings. The van der Waals surface area contributed by atoms with Crippen LogP contribution in [0.15, 0.2) is 35.1 Å². The number of hydrogen-bond acceptors (Lipinski definition) is 4. The fraction of sp³-hybridized carbons (Fsp3) is 0.0833. The van der Waals surface area contributed by atoms with Crippen LogP contribution in [0.2, 0.25) is 5.02 Å². The van der Waals surface area contributed by atoms with E-state index in [1.54, 1.807) is 31.2 Å². The van der Waals surface area contributed by atoms with Gasteiger partial charge in [-0.25, -0.2) is 10.5 Å². The van der Waals surface area contributed by atoms with Crippen LogP contribution in [-0.4, -0.2) is 15.7 Å². The molecular formula is C12H11ClN4O2. The van der Waals surface area contributed by atoms with Crippen LogP contribution in [0.3, 0.4) is 0 Å². The number of nitrogen functional groups attached to an aromatic ring is 1. The molecule has 1 heterocycles. The lowest BCUT2D eigenvalue weighted by Gasteiger charge is -2.10. The average molecular weight is 279 g/mol. The number of carbonyl (C=O) groups is 1. The molecule has 0 spiro atoms. The standard InChI is InChI=1S/C12H11ClN4O2/c1-7-5-10(18)11(12(19)15-14)16-17(7)9-4-2-3-8(13)6-9/h2-6H,14H2,1H3,(H,15,19). The van der Waals surface area contributed by atoms with Crippen molar-refractivity contribution in [3.8, 4) is 5.69 Å². The zero-order valence-corrected chi connectivity index (χ0v) is 10.8. The number of hydrazine groups is 1. The average Bonchev–Trinajstić information content (AvgIpc) is 2.38. The van der Waals surface area contributed by atoms with Crippen LogP contribution in [0.25, 0.3) is 5.69 Å². The van der Waals surface area contributed by atoms with E-state index in [0.717, 1.165) is 0 Å². The number of nitrogens with zero attached hydrogens (tertiary/aromatic N) is 2. The van der Waals surface area contributed by atoms with Crippen molar-refractivity contribution in [3.05, 3.63) is 57.0 Å². The lowest BCUT2D eigenvalue weighted by Crippen LogP contribution is -2.36. The Morgan fingerprint density at radius 2 is 2.16 bits per heavy atom. The zero-order valence-electron chi connectivity index (χ0n) is 10.1. The Balaban J connectivity index is 2.64. The number of amides is 1. The molecule has 1 aromatic carbocycles. The number of aromatic nitrogens is 2. The van der Waals surface area contributed by atoms with E-state index < -0.39 is 11.3 Å². The first kappa shape index (κ1) is 13.3. The number of carbonyl (C=O) groups excluding carboxylic acids is 1. The van der Waals surface area contributed by atoms with Crippen molar-refractivity contribution in [1.29, 1.82) is 0 Å². The third-order valence-corrected chi connectivity index (χ3v) is 2.74. The Kier molecular flexibility index (Phi) is 3.64. The Labute approximate surface area is 113 Å². The van der Waals surface area contributed by atoms with Crippen molar-refractivity contribution in [2.24, 2.45) is 5.84 Å². The highest BCUT2D eigenvalue weighted by molar-refractivity contribution is 6.30. The maximum atomic E-state index is 11.7. The fourth-order valence-corrected chi connectivity index (χ4v) is 1.83. The van der Waals surface area contributed by atoms with Gasteiger partial charge in [-0.3, -0.25) is 15.0 Å². The highest BCUT2D eigenvalue weighted by atomic mass is 35.5. The Bertz CT molecular complexity index is 696. The Hall–Kier alpha value is -2.18. The molecule has 2 rings (SSSR count). The minimum atomic E-state index is -0.735. The van der Waals surface area contributed by atoms with Crippen LogP contribution in [0, 0.1) is 6.92 Å². The topological polar surface area (TPSA) is 90.0 Å². The lowest BCUT2D eigenvalue weighted by molar-refractivity contribution is 0.0945. The molecular weight excluding hydrogens is 268 g/mol. The second-order valence-electron chi connectivity index (χ2n) is 3.86. The summed E-state index contributed by atoms with van der Waals surface area (Å²) >= 11 is 5.91. The number of hydrogen-bond donors (Lipinski definition) is 2. The van der Waals surface area contributed by atoms with Crippen molar-refractivity contribution in [2.75, 3.05) is 0 Å². The predicted octanol–water partition coefficient (Wildman–Crippen LogP) is 0.798. The first-order valence-electron chi connectivity index (χ1n) is 5.41. The smallest absolute Gasteiger partial charge is 0.289 e. The van der Waals surface area contributed by atoms with Gasteiger partial charge in [0, 0.05) is 16.8 Å². The number of benzene rings is 1. The molecule has 0 bridgehead atoms. The van der Waals surface area contributed by atoms with Crippen LogP contribution in [0.4, 0.5) is 0 Å². The summed E-state index contributed by atoms with van der Waals surface area (Å²) in [4.78, 5) is 23.1. The molecule has 0 unspecified atom stereocenters. The number of halogens is 1. The minimum Gasteiger partial charge on any atom is -0.289 e. The van der Waals surface area contributed by atoms with Gasteiger partial charge in [-0.1, -0.05) is 17.7 Å². The molecule has 98 valence electrons. The van der Waals surface area contributed by atoms with Gasteiger partial charge in [-0.2, -0.15) is 5.10 Å². The monoisotopic (exact) mass is 278 g/mol. The van der Waals surface area contributed by atoms with Crippen molar-refractivity contribution < 1.29 is 4.79 Å². The maximum absolute atomic E-state index is 11.7. The molecule has 19 heavy (non-hydrogen) atoms. The second kappa shape index (κ2) is 5.21. The molecule has 0 radical (unpaired) electrons. The van der Waals surface area contributed by atoms with Gasteiger partial charge >= 0.3 is 0 Å². The van der Waals surface area contributed by atoms with Crippen LogP contribution in [-0.2, 0) is 0 Å². The summed E-state index contributed by atoms with van der Waals surface area (Å²) in [6, 6.07) is 8.23. The largest absolute Gasteiger partial charge is 0.289 e. The Morgan fingerprint density at radius 3 is 2.79 bits per heavy atom. The van der Waals surface area contributed by atoms with Crippen LogP contribution < -0.4 is 16.7 Å². The van der Waals surface area contributed by atoms with Crippen molar-refractivity contribution in [2.45, 2.75) is 6.92 Å². The molecule has 0 aliphatic heterocycles. The molecule has 7 heteroatoms. The van der Waals surface area contributed by atoms with E-state index in [4.69, 9.17) is 17.4 Å². The lowest BCUT2D eigenvalue weighted by atomic mass is 10.3. The highest BCUT2D eigenvalue weighted by Crippen LogP contribution is 2.14. The summed E-state index contributed by atoms with van der Waals surface area (Å²) in [5.74, 6) is 4.28. The number of nitrogens with one attached hydrogen (secondary N) is 1. The van der Waals surface area contributed by atoms with Gasteiger partial charge in [-0.05, 0) is 25.1 Å². The van der Waals surface area contributed by atoms with Gasteiger partial charge in [0.25, 0.3) is 5.91 Å². The first-order valence-corrected chi connectivity index (χ1v) is 5.78. The summed E-state index contributed by atoms with van der Waals surface area (Å²) in [6.07, 6.45) is 0. The second-order valence-corrected chi connectivity index (χ2v) is 4.30. The number of aryl methyl sites for hydroxylation is 1. The minimum absolute atomic E-state index is 0.270. The molecule has 3 N–H and O–H groups in total. The van der Waals surface area contributed by atoms with Gasteiger partial charge in [0.05, 0.1) is 5.69 Å². The van der Waals surface area contributed by atoms with E-state index in [-0.39, 0.29) is 5.69 Å². The molecule has 1 aromatic heterocycles. The molecule has 0 fully saturated rings. The predicted molar refractivity (Wildman–Crippen MR) is 71.2 cm³/mol. The Morgan fingerprint density at radius 1 is 1.42 bits per heavy atom. The molecule has 0 aliphatic carbocycles. The van der Waals surface area contributed by atoms with E-state index in [1.165, 1.54) is 10.7 Å². The summed E-state index contributed by atoms with van der Waals surface area (Å²) < 4.78 is 1.46. The third kappa shape index (κ3) is 2.64. The van der Waals surface area contributed by atoms with Crippen LogP contribution >= 0.6 is 11.6 Å². The molecule has 0 atom stereocenters. The van der Waals surface area contributed by atoms with E-state index in [1.807, 2.05) is 5.43 Å². The summed E-state index contributed by atoms with van der Waals surface area (Å²) in [6.45, 7) is 1.71. The zero-order chi connectivity index (χ0) is 14.0. The van der Waals surface area contributed by atoms with E-state index in [9.17, 15) is 9.59 Å². The van der Waals surface area contributed by atoms with E-state index >= 15 is 0 Å². The quantitative estimate of drug-likeness (QED) is 0.483. The summed E-state index contributed by atoms with van der Waals surface area (Å²) in [5.41, 5.74) is 2.37. The maximum Gasteiger partial charge on any atom is 0.289 e. The van der Waals surface area contributed by atoms with Gasteiger partial charge in [0.15, 0.2) is 5.69 Å².